The van der Waals surface area contributed by atoms with Crippen molar-refractivity contribution in [2.75, 3.05) is 31.1 Å². The summed E-state index contributed by atoms with van der Waals surface area (Å²) in [5.41, 5.74) is 2.17. The molecule has 0 aliphatic carbocycles. The topological polar surface area (TPSA) is 123 Å². The Kier molecular flexibility index (Phi) is 5.67. The predicted octanol–water partition coefficient (Wildman–Crippen LogP) is 3.94. The Labute approximate surface area is 189 Å². The van der Waals surface area contributed by atoms with Crippen LogP contribution in [0.2, 0.25) is 0 Å². The van der Waals surface area contributed by atoms with Crippen molar-refractivity contribution in [2.24, 2.45) is 0 Å². The lowest BCUT2D eigenvalue weighted by Gasteiger charge is -2.35. The van der Waals surface area contributed by atoms with Gasteiger partial charge in [-0.1, -0.05) is 18.2 Å². The summed E-state index contributed by atoms with van der Waals surface area (Å²) in [5, 5.41) is 23.8. The number of aryl methyl sites for hydroxylation is 2. The molecule has 1 saturated heterocycles. The summed E-state index contributed by atoms with van der Waals surface area (Å²) >= 11 is 0. The first-order chi connectivity index (χ1) is 15.7. The molecule has 0 radical (unpaired) electrons. The first-order valence-corrected chi connectivity index (χ1v) is 10.5. The van der Waals surface area contributed by atoms with E-state index in [9.17, 15) is 25.0 Å². The molecule has 170 valence electrons. The number of nitrogens with zero attached hydrogens (tertiary/aromatic N) is 5. The van der Waals surface area contributed by atoms with Crippen LogP contribution in [0.4, 0.5) is 17.2 Å². The van der Waals surface area contributed by atoms with Gasteiger partial charge in [0.1, 0.15) is 11.4 Å². The normalized spacial score (nSPS) is 13.9. The summed E-state index contributed by atoms with van der Waals surface area (Å²) in [7, 11) is 0. The van der Waals surface area contributed by atoms with Crippen molar-refractivity contribution in [3.05, 3.63) is 78.9 Å². The van der Waals surface area contributed by atoms with Gasteiger partial charge in [-0.3, -0.25) is 25.0 Å². The molecular weight excluding hydrogens is 426 g/mol. The number of nitro benzene ring substituents is 2. The minimum Gasteiger partial charge on any atom is -0.353 e. The maximum atomic E-state index is 13.0. The fraction of sp³-hybridized carbons (Fsp3) is 0.304. The number of fused-ring (bicyclic) bond motifs is 1. The smallest absolute Gasteiger partial charge is 0.279 e. The van der Waals surface area contributed by atoms with Gasteiger partial charge in [0.05, 0.1) is 20.9 Å². The zero-order valence-electron chi connectivity index (χ0n) is 18.6. The number of pyridine rings is 1. The molecule has 1 fully saturated rings. The van der Waals surface area contributed by atoms with Crippen molar-refractivity contribution in [2.45, 2.75) is 20.8 Å². The number of carbonyl (C=O) groups is 1. The van der Waals surface area contributed by atoms with Crippen LogP contribution in [0, 0.1) is 41.0 Å². The number of aromatic nitrogens is 1. The standard InChI is InChI=1S/C23H23N5O5/c1-14-5-4-6-18-15(2)11-21(24-22(14)18)25-7-9-26(10-8-25)23(29)17-12-19(27(30)31)16(3)20(13-17)28(32)33/h4-6,11-13H,7-10H2,1-3H3. The minimum absolute atomic E-state index is 0.0530. The number of hydrogen-bond donors (Lipinski definition) is 0. The maximum absolute atomic E-state index is 13.0. The van der Waals surface area contributed by atoms with E-state index >= 15 is 0 Å². The maximum Gasteiger partial charge on any atom is 0.279 e. The second-order valence-corrected chi connectivity index (χ2v) is 8.20. The molecule has 0 bridgehead atoms. The fourth-order valence-corrected chi connectivity index (χ4v) is 4.21. The molecule has 1 aromatic heterocycles. The molecule has 0 atom stereocenters. The number of anilines is 1. The van der Waals surface area contributed by atoms with E-state index in [1.807, 2.05) is 38.1 Å². The quantitative estimate of drug-likeness (QED) is 0.437. The van der Waals surface area contributed by atoms with E-state index in [2.05, 4.69) is 4.90 Å². The van der Waals surface area contributed by atoms with E-state index in [0.29, 0.717) is 26.2 Å². The lowest BCUT2D eigenvalue weighted by atomic mass is 10.1. The van der Waals surface area contributed by atoms with Crippen molar-refractivity contribution >= 4 is 34.0 Å². The van der Waals surface area contributed by atoms with E-state index < -0.39 is 27.1 Å². The molecule has 10 nitrogen and oxygen atoms in total. The average molecular weight is 449 g/mol. The van der Waals surface area contributed by atoms with E-state index in [4.69, 9.17) is 4.98 Å². The largest absolute Gasteiger partial charge is 0.353 e. The van der Waals surface area contributed by atoms with Gasteiger partial charge < -0.3 is 9.80 Å². The molecule has 1 aliphatic heterocycles. The second kappa shape index (κ2) is 8.45. The minimum atomic E-state index is -0.702. The van der Waals surface area contributed by atoms with Crippen LogP contribution in [0.5, 0.6) is 0 Å². The zero-order chi connectivity index (χ0) is 23.9. The molecule has 0 unspecified atom stereocenters. The van der Waals surface area contributed by atoms with Crippen LogP contribution >= 0.6 is 0 Å². The molecule has 10 heteroatoms. The van der Waals surface area contributed by atoms with Gasteiger partial charge in [-0.25, -0.2) is 4.98 Å². The van der Waals surface area contributed by atoms with Crippen LogP contribution in [0.1, 0.15) is 27.0 Å². The van der Waals surface area contributed by atoms with Crippen molar-refractivity contribution in [3.63, 3.8) is 0 Å². The Morgan fingerprint density at radius 2 is 1.52 bits per heavy atom. The molecule has 0 saturated carbocycles. The third-order valence-electron chi connectivity index (χ3n) is 6.12. The van der Waals surface area contributed by atoms with Crippen molar-refractivity contribution in [1.82, 2.24) is 9.88 Å². The van der Waals surface area contributed by atoms with Gasteiger partial charge in [0.15, 0.2) is 0 Å². The number of hydrogen-bond acceptors (Lipinski definition) is 7. The van der Waals surface area contributed by atoms with Crippen LogP contribution in [0.25, 0.3) is 10.9 Å². The summed E-state index contributed by atoms with van der Waals surface area (Å²) in [6.45, 7) is 7.20. The summed E-state index contributed by atoms with van der Waals surface area (Å²) in [6, 6.07) is 10.4. The Morgan fingerprint density at radius 3 is 2.09 bits per heavy atom. The SMILES string of the molecule is Cc1c([N+](=O)[O-])cc(C(=O)N2CCN(c3cc(C)c4cccc(C)c4n3)CC2)cc1[N+](=O)[O-]. The van der Waals surface area contributed by atoms with Crippen LogP contribution in [0.3, 0.4) is 0 Å². The highest BCUT2D eigenvalue weighted by molar-refractivity contribution is 5.96. The van der Waals surface area contributed by atoms with E-state index in [-0.39, 0.29) is 11.1 Å². The van der Waals surface area contributed by atoms with Crippen LogP contribution in [-0.4, -0.2) is 51.8 Å². The number of carbonyl (C=O) groups excluding carboxylic acids is 1. The Balaban J connectivity index is 1.56. The highest BCUT2D eigenvalue weighted by Gasteiger charge is 2.29. The molecular formula is C23H23N5O5. The van der Waals surface area contributed by atoms with Crippen LogP contribution in [-0.2, 0) is 0 Å². The van der Waals surface area contributed by atoms with E-state index in [1.165, 1.54) is 6.92 Å². The monoisotopic (exact) mass is 449 g/mol. The predicted molar refractivity (Wildman–Crippen MR) is 124 cm³/mol. The summed E-state index contributed by atoms with van der Waals surface area (Å²) in [4.78, 5) is 42.8. The van der Waals surface area contributed by atoms with Crippen LogP contribution < -0.4 is 4.90 Å². The van der Waals surface area contributed by atoms with Crippen LogP contribution in [0.15, 0.2) is 36.4 Å². The third kappa shape index (κ3) is 4.07. The third-order valence-corrected chi connectivity index (χ3v) is 6.12. The molecule has 1 amide bonds. The van der Waals surface area contributed by atoms with E-state index in [1.54, 1.807) is 4.90 Å². The van der Waals surface area contributed by atoms with Gasteiger partial charge in [-0.15, -0.1) is 0 Å². The number of benzene rings is 2. The van der Waals surface area contributed by atoms with Gasteiger partial charge in [0.25, 0.3) is 17.3 Å². The highest BCUT2D eigenvalue weighted by atomic mass is 16.6. The summed E-state index contributed by atoms with van der Waals surface area (Å²) < 4.78 is 0. The fourth-order valence-electron chi connectivity index (χ4n) is 4.21. The van der Waals surface area contributed by atoms with Gasteiger partial charge in [-0.2, -0.15) is 0 Å². The van der Waals surface area contributed by atoms with Crippen molar-refractivity contribution in [3.8, 4) is 0 Å². The number of rotatable bonds is 4. The summed E-state index contributed by atoms with van der Waals surface area (Å²) in [6.07, 6.45) is 0. The molecule has 2 heterocycles. The Morgan fingerprint density at radius 1 is 0.909 bits per heavy atom. The lowest BCUT2D eigenvalue weighted by molar-refractivity contribution is -0.395. The van der Waals surface area contributed by atoms with Gasteiger partial charge in [0.2, 0.25) is 0 Å². The first kappa shape index (κ1) is 22.1. The zero-order valence-corrected chi connectivity index (χ0v) is 18.6. The molecule has 0 N–H and O–H groups in total. The van der Waals surface area contributed by atoms with Crippen molar-refractivity contribution < 1.29 is 14.6 Å². The molecule has 3 aromatic rings. The van der Waals surface area contributed by atoms with Gasteiger partial charge >= 0.3 is 0 Å². The number of nitro groups is 2. The molecule has 2 aromatic carbocycles. The van der Waals surface area contributed by atoms with Gasteiger partial charge in [-0.05, 0) is 38.0 Å². The number of piperazine rings is 1. The molecule has 33 heavy (non-hydrogen) atoms. The second-order valence-electron chi connectivity index (χ2n) is 8.20. The van der Waals surface area contributed by atoms with E-state index in [0.717, 1.165) is 40.0 Å². The number of para-hydroxylation sites is 1. The highest BCUT2D eigenvalue weighted by Crippen LogP contribution is 2.30. The van der Waals surface area contributed by atoms with Crippen molar-refractivity contribution in [1.29, 1.82) is 0 Å². The average Bonchev–Trinajstić information content (AvgIpc) is 2.79. The first-order valence-electron chi connectivity index (χ1n) is 10.5. The summed E-state index contributed by atoms with van der Waals surface area (Å²) in [5.74, 6) is 0.377. The molecule has 1 aliphatic rings. The van der Waals surface area contributed by atoms with Gasteiger partial charge in [0, 0.05) is 43.7 Å². The Bertz CT molecular complexity index is 1260. The molecule has 0 spiro atoms. The number of amides is 1. The Hall–Kier alpha value is -4.08. The molecule has 4 rings (SSSR count). The lowest BCUT2D eigenvalue weighted by Crippen LogP contribution is -2.49.